The Labute approximate surface area is 141 Å². The summed E-state index contributed by atoms with van der Waals surface area (Å²) in [6.07, 6.45) is 4.27. The summed E-state index contributed by atoms with van der Waals surface area (Å²) < 4.78 is 16.0. The number of nitrogens with zero attached hydrogens (tertiary/aromatic N) is 4. The van der Waals surface area contributed by atoms with Crippen LogP contribution in [0.25, 0.3) is 22.4 Å². The van der Waals surface area contributed by atoms with E-state index < -0.39 is 0 Å². The van der Waals surface area contributed by atoms with Crippen LogP contribution in [0.5, 0.6) is 0 Å². The van der Waals surface area contributed by atoms with Crippen molar-refractivity contribution in [1.29, 1.82) is 0 Å². The molecule has 1 aliphatic heterocycles. The van der Waals surface area contributed by atoms with E-state index in [2.05, 4.69) is 21.8 Å². The molecule has 1 atom stereocenters. The van der Waals surface area contributed by atoms with Crippen LogP contribution in [0.4, 0.5) is 10.2 Å². The predicted molar refractivity (Wildman–Crippen MR) is 94.7 cm³/mol. The fourth-order valence-electron chi connectivity index (χ4n) is 3.69. The van der Waals surface area contributed by atoms with Crippen molar-refractivity contribution in [1.82, 2.24) is 14.5 Å². The fourth-order valence-corrected chi connectivity index (χ4v) is 3.69. The summed E-state index contributed by atoms with van der Waals surface area (Å²) in [6.45, 7) is 5.27. The Morgan fingerprint density at radius 2 is 2.04 bits per heavy atom. The molecule has 0 spiro atoms. The molecule has 4 nitrogen and oxygen atoms in total. The molecule has 0 bridgehead atoms. The number of aryl methyl sites for hydroxylation is 2. The second-order valence-electron chi connectivity index (χ2n) is 6.65. The molecule has 0 radical (unpaired) electrons. The van der Waals surface area contributed by atoms with Crippen LogP contribution in [0.2, 0.25) is 0 Å². The van der Waals surface area contributed by atoms with E-state index in [1.807, 2.05) is 36.9 Å². The SMILES string of the molecule is Cc1ccc(F)c2nc(-c3ccc(N4CCCC4C)nc3)n(C)c12. The number of fused-ring (bicyclic) bond motifs is 1. The molecule has 1 fully saturated rings. The van der Waals surface area contributed by atoms with Gasteiger partial charge in [0.2, 0.25) is 0 Å². The zero-order valence-electron chi connectivity index (χ0n) is 14.3. The van der Waals surface area contributed by atoms with Crippen LogP contribution in [-0.2, 0) is 7.05 Å². The number of anilines is 1. The van der Waals surface area contributed by atoms with Crippen LogP contribution >= 0.6 is 0 Å². The second kappa shape index (κ2) is 5.58. The minimum atomic E-state index is -0.284. The third-order valence-electron chi connectivity index (χ3n) is 5.03. The van der Waals surface area contributed by atoms with Gasteiger partial charge in [0.1, 0.15) is 17.2 Å². The highest BCUT2D eigenvalue weighted by atomic mass is 19.1. The van der Waals surface area contributed by atoms with Crippen LogP contribution in [0.1, 0.15) is 25.3 Å². The number of imidazole rings is 1. The molecule has 5 heteroatoms. The van der Waals surface area contributed by atoms with Crippen molar-refractivity contribution < 1.29 is 4.39 Å². The lowest BCUT2D eigenvalue weighted by Crippen LogP contribution is -2.26. The molecule has 3 heterocycles. The summed E-state index contributed by atoms with van der Waals surface area (Å²) in [7, 11) is 1.92. The normalized spacial score (nSPS) is 17.8. The molecule has 0 amide bonds. The van der Waals surface area contributed by atoms with Gasteiger partial charge in [-0.05, 0) is 50.5 Å². The Hall–Kier alpha value is -2.43. The van der Waals surface area contributed by atoms with Gasteiger partial charge in [-0.15, -0.1) is 0 Å². The maximum Gasteiger partial charge on any atom is 0.151 e. The maximum absolute atomic E-state index is 14.1. The molecule has 0 aliphatic carbocycles. The summed E-state index contributed by atoms with van der Waals surface area (Å²) in [4.78, 5) is 11.5. The van der Waals surface area contributed by atoms with E-state index in [1.165, 1.54) is 18.9 Å². The number of aromatic nitrogens is 3. The van der Waals surface area contributed by atoms with Crippen LogP contribution in [-0.4, -0.2) is 27.1 Å². The van der Waals surface area contributed by atoms with Crippen molar-refractivity contribution in [2.45, 2.75) is 32.7 Å². The summed E-state index contributed by atoms with van der Waals surface area (Å²) in [6, 6.07) is 7.88. The fraction of sp³-hybridized carbons (Fsp3) is 0.368. The number of rotatable bonds is 2. The molecule has 1 aromatic carbocycles. The third kappa shape index (κ3) is 2.27. The van der Waals surface area contributed by atoms with Crippen LogP contribution in [0.15, 0.2) is 30.5 Å². The lowest BCUT2D eigenvalue weighted by Gasteiger charge is -2.22. The molecular formula is C19H21FN4. The zero-order valence-corrected chi connectivity index (χ0v) is 14.3. The average molecular weight is 324 g/mol. The first-order chi connectivity index (χ1) is 11.6. The highest BCUT2D eigenvalue weighted by Crippen LogP contribution is 2.29. The van der Waals surface area contributed by atoms with E-state index in [0.717, 1.165) is 34.8 Å². The summed E-state index contributed by atoms with van der Waals surface area (Å²) in [5, 5.41) is 0. The molecule has 0 N–H and O–H groups in total. The molecule has 124 valence electrons. The number of halogens is 1. The third-order valence-corrected chi connectivity index (χ3v) is 5.03. The first kappa shape index (κ1) is 15.1. The Bertz CT molecular complexity index is 898. The van der Waals surface area contributed by atoms with Crippen LogP contribution < -0.4 is 4.90 Å². The first-order valence-electron chi connectivity index (χ1n) is 8.41. The minimum Gasteiger partial charge on any atom is -0.354 e. The molecule has 4 rings (SSSR count). The summed E-state index contributed by atoms with van der Waals surface area (Å²) in [5.74, 6) is 1.46. The molecule has 3 aromatic rings. The molecule has 0 saturated carbocycles. The minimum absolute atomic E-state index is 0.284. The van der Waals surface area contributed by atoms with Crippen LogP contribution in [0, 0.1) is 12.7 Å². The Morgan fingerprint density at radius 1 is 1.21 bits per heavy atom. The highest BCUT2D eigenvalue weighted by Gasteiger charge is 2.22. The average Bonchev–Trinajstić information content (AvgIpc) is 3.16. The van der Waals surface area contributed by atoms with Crippen molar-refractivity contribution in [2.24, 2.45) is 7.05 Å². The number of hydrogen-bond acceptors (Lipinski definition) is 3. The smallest absolute Gasteiger partial charge is 0.151 e. The van der Waals surface area contributed by atoms with E-state index in [9.17, 15) is 4.39 Å². The van der Waals surface area contributed by atoms with Crippen molar-refractivity contribution in [3.05, 3.63) is 41.8 Å². The monoisotopic (exact) mass is 324 g/mol. The van der Waals surface area contributed by atoms with Gasteiger partial charge in [-0.25, -0.2) is 14.4 Å². The van der Waals surface area contributed by atoms with Gasteiger partial charge in [0.25, 0.3) is 0 Å². The van der Waals surface area contributed by atoms with Crippen molar-refractivity contribution in [2.75, 3.05) is 11.4 Å². The Morgan fingerprint density at radius 3 is 2.67 bits per heavy atom. The zero-order chi connectivity index (χ0) is 16.8. The van der Waals surface area contributed by atoms with Gasteiger partial charge < -0.3 is 9.47 Å². The van der Waals surface area contributed by atoms with E-state index in [4.69, 9.17) is 0 Å². The van der Waals surface area contributed by atoms with Gasteiger partial charge in [-0.3, -0.25) is 0 Å². The van der Waals surface area contributed by atoms with Gasteiger partial charge in [0.15, 0.2) is 5.82 Å². The van der Waals surface area contributed by atoms with E-state index in [-0.39, 0.29) is 5.82 Å². The van der Waals surface area contributed by atoms with Gasteiger partial charge in [0.05, 0.1) is 5.52 Å². The predicted octanol–water partition coefficient (Wildman–Crippen LogP) is 4.07. The van der Waals surface area contributed by atoms with E-state index >= 15 is 0 Å². The van der Waals surface area contributed by atoms with Crippen molar-refractivity contribution >= 4 is 16.9 Å². The van der Waals surface area contributed by atoms with Crippen LogP contribution in [0.3, 0.4) is 0 Å². The lowest BCUT2D eigenvalue weighted by molar-refractivity contribution is 0.637. The van der Waals surface area contributed by atoms with Gasteiger partial charge >= 0.3 is 0 Å². The number of pyridine rings is 1. The first-order valence-corrected chi connectivity index (χ1v) is 8.41. The number of hydrogen-bond donors (Lipinski definition) is 0. The van der Waals surface area contributed by atoms with Gasteiger partial charge in [-0.2, -0.15) is 0 Å². The Kier molecular flexibility index (Phi) is 3.52. The molecule has 1 unspecified atom stereocenters. The van der Waals surface area contributed by atoms with Gasteiger partial charge in [0, 0.05) is 31.4 Å². The molecule has 24 heavy (non-hydrogen) atoms. The largest absolute Gasteiger partial charge is 0.354 e. The van der Waals surface area contributed by atoms with Crippen molar-refractivity contribution in [3.63, 3.8) is 0 Å². The standard InChI is InChI=1S/C19H21FN4/c1-12-6-8-15(20)17-18(12)23(3)19(22-17)14-7-9-16(21-11-14)24-10-4-5-13(24)2/h6-9,11,13H,4-5,10H2,1-3H3. The summed E-state index contributed by atoms with van der Waals surface area (Å²) >= 11 is 0. The topological polar surface area (TPSA) is 34.0 Å². The number of benzene rings is 1. The second-order valence-corrected chi connectivity index (χ2v) is 6.65. The molecule has 1 aliphatic rings. The Balaban J connectivity index is 1.76. The van der Waals surface area contributed by atoms with E-state index in [1.54, 1.807) is 6.07 Å². The van der Waals surface area contributed by atoms with E-state index in [0.29, 0.717) is 11.6 Å². The molecule has 1 saturated heterocycles. The quantitative estimate of drug-likeness (QED) is 0.712. The maximum atomic E-state index is 14.1. The van der Waals surface area contributed by atoms with Gasteiger partial charge in [-0.1, -0.05) is 6.07 Å². The highest BCUT2D eigenvalue weighted by molar-refractivity contribution is 5.83. The van der Waals surface area contributed by atoms with Crippen molar-refractivity contribution in [3.8, 4) is 11.4 Å². The summed E-state index contributed by atoms with van der Waals surface area (Å²) in [5.41, 5.74) is 3.18. The molecule has 2 aromatic heterocycles. The molecular weight excluding hydrogens is 303 g/mol. The lowest BCUT2D eigenvalue weighted by atomic mass is 10.2.